The van der Waals surface area contributed by atoms with Gasteiger partial charge in [0.25, 0.3) is 0 Å². The monoisotopic (exact) mass is 375 g/mol. The third kappa shape index (κ3) is 4.73. The van der Waals surface area contributed by atoms with Gasteiger partial charge >= 0.3 is 0 Å². The van der Waals surface area contributed by atoms with E-state index in [1.807, 2.05) is 13.8 Å². The fraction of sp³-hybridized carbons (Fsp3) is 0.909. The van der Waals surface area contributed by atoms with Crippen molar-refractivity contribution in [3.63, 3.8) is 0 Å². The average molecular weight is 376 g/mol. The second kappa shape index (κ2) is 9.04. The van der Waals surface area contributed by atoms with Gasteiger partial charge < -0.3 is 9.26 Å². The maximum Gasteiger partial charge on any atom is 0.240 e. The van der Waals surface area contributed by atoms with E-state index in [1.165, 1.54) is 70.6 Å². The van der Waals surface area contributed by atoms with Crippen molar-refractivity contribution in [1.29, 1.82) is 0 Å². The van der Waals surface area contributed by atoms with Gasteiger partial charge in [0.05, 0.1) is 6.54 Å². The Morgan fingerprint density at radius 3 is 2.52 bits per heavy atom. The summed E-state index contributed by atoms with van der Waals surface area (Å²) >= 11 is 0. The van der Waals surface area contributed by atoms with Crippen LogP contribution in [-0.2, 0) is 11.3 Å². The molecule has 0 N–H and O–H groups in total. The smallest absolute Gasteiger partial charge is 0.240 e. The largest absolute Gasteiger partial charge is 0.371 e. The highest BCUT2D eigenvalue weighted by atomic mass is 16.5. The molecule has 0 spiro atoms. The predicted molar refractivity (Wildman–Crippen MR) is 105 cm³/mol. The van der Waals surface area contributed by atoms with Crippen molar-refractivity contribution in [2.24, 2.45) is 11.8 Å². The summed E-state index contributed by atoms with van der Waals surface area (Å²) in [6, 6.07) is 1.45. The van der Waals surface area contributed by atoms with Gasteiger partial charge in [0, 0.05) is 18.7 Å². The summed E-state index contributed by atoms with van der Waals surface area (Å²) < 4.78 is 11.2. The van der Waals surface area contributed by atoms with Crippen LogP contribution in [0.4, 0.5) is 0 Å². The van der Waals surface area contributed by atoms with Gasteiger partial charge in [0.2, 0.25) is 5.89 Å². The third-order valence-electron chi connectivity index (χ3n) is 7.06. The zero-order valence-electron chi connectivity index (χ0n) is 17.2. The number of aromatic nitrogens is 2. The van der Waals surface area contributed by atoms with Crippen molar-refractivity contribution >= 4 is 0 Å². The molecule has 4 rings (SSSR count). The molecule has 27 heavy (non-hydrogen) atoms. The normalized spacial score (nSPS) is 28.6. The van der Waals surface area contributed by atoms with E-state index in [-0.39, 0.29) is 6.10 Å². The second-order valence-corrected chi connectivity index (χ2v) is 8.96. The summed E-state index contributed by atoms with van der Waals surface area (Å²) in [6.07, 6.45) is 15.4. The molecule has 1 aromatic rings. The molecule has 1 aromatic heterocycles. The topological polar surface area (TPSA) is 51.4 Å². The second-order valence-electron chi connectivity index (χ2n) is 8.96. The Balaban J connectivity index is 1.46. The van der Waals surface area contributed by atoms with Gasteiger partial charge in [-0.05, 0) is 51.4 Å². The molecule has 0 radical (unpaired) electrons. The van der Waals surface area contributed by atoms with Crippen LogP contribution in [0.25, 0.3) is 0 Å². The van der Waals surface area contributed by atoms with E-state index < -0.39 is 0 Å². The molecule has 0 aliphatic heterocycles. The first-order chi connectivity index (χ1) is 13.3. The van der Waals surface area contributed by atoms with Crippen LogP contribution in [0.1, 0.15) is 102 Å². The van der Waals surface area contributed by atoms with E-state index in [1.54, 1.807) is 0 Å². The molecule has 0 saturated heterocycles. The Morgan fingerprint density at radius 1 is 1.04 bits per heavy atom. The number of hydrogen-bond acceptors (Lipinski definition) is 5. The van der Waals surface area contributed by atoms with Crippen LogP contribution in [0.15, 0.2) is 4.52 Å². The molecule has 0 aromatic carbocycles. The summed E-state index contributed by atoms with van der Waals surface area (Å²) in [7, 11) is 0. The first kappa shape index (κ1) is 19.4. The Kier molecular flexibility index (Phi) is 6.49. The Morgan fingerprint density at radius 2 is 1.78 bits per heavy atom. The molecule has 1 heterocycles. The van der Waals surface area contributed by atoms with Crippen molar-refractivity contribution in [2.75, 3.05) is 6.61 Å². The van der Waals surface area contributed by atoms with E-state index in [9.17, 15) is 0 Å². The number of rotatable bonds is 8. The summed E-state index contributed by atoms with van der Waals surface area (Å²) in [6.45, 7) is 5.49. The van der Waals surface area contributed by atoms with Crippen molar-refractivity contribution in [3.8, 4) is 0 Å². The molecule has 3 atom stereocenters. The van der Waals surface area contributed by atoms with Crippen LogP contribution in [0.3, 0.4) is 0 Å². The van der Waals surface area contributed by atoms with Gasteiger partial charge in [-0.25, -0.2) is 0 Å². The first-order valence-electron chi connectivity index (χ1n) is 11.5. The zero-order valence-corrected chi connectivity index (χ0v) is 17.2. The molecule has 3 saturated carbocycles. The Hall–Kier alpha value is -0.940. The lowest BCUT2D eigenvalue weighted by Gasteiger charge is -2.44. The Labute approximate surface area is 164 Å². The average Bonchev–Trinajstić information content (AvgIpc) is 3.44. The zero-order chi connectivity index (χ0) is 18.6. The summed E-state index contributed by atoms with van der Waals surface area (Å²) in [5.41, 5.74) is 0. The lowest BCUT2D eigenvalue weighted by molar-refractivity contribution is 0.0390. The molecule has 3 fully saturated rings. The third-order valence-corrected chi connectivity index (χ3v) is 7.06. The minimum atomic E-state index is -0.0912. The van der Waals surface area contributed by atoms with E-state index in [4.69, 9.17) is 9.26 Å². The van der Waals surface area contributed by atoms with Gasteiger partial charge in [0.1, 0.15) is 6.10 Å². The molecule has 0 bridgehead atoms. The summed E-state index contributed by atoms with van der Waals surface area (Å²) in [4.78, 5) is 7.42. The van der Waals surface area contributed by atoms with Gasteiger partial charge in [-0.15, -0.1) is 0 Å². The van der Waals surface area contributed by atoms with Crippen molar-refractivity contribution < 1.29 is 9.26 Å². The number of nitrogens with zero attached hydrogens (tertiary/aromatic N) is 3. The van der Waals surface area contributed by atoms with E-state index in [0.717, 1.165) is 30.3 Å². The molecule has 3 aliphatic rings. The van der Waals surface area contributed by atoms with Crippen molar-refractivity contribution in [3.05, 3.63) is 11.7 Å². The molecule has 5 heteroatoms. The van der Waals surface area contributed by atoms with Crippen LogP contribution in [-0.4, -0.2) is 33.7 Å². The van der Waals surface area contributed by atoms with Crippen LogP contribution in [0.2, 0.25) is 0 Å². The van der Waals surface area contributed by atoms with Crippen LogP contribution >= 0.6 is 0 Å². The highest BCUT2D eigenvalue weighted by molar-refractivity contribution is 4.98. The fourth-order valence-corrected chi connectivity index (χ4v) is 5.57. The SMILES string of the molecule is CCO[C@H](C)c1noc(CN(C2CC2)[C@H]2CCCC[C@@H]2C2CCCCC2)n1. The van der Waals surface area contributed by atoms with Gasteiger partial charge in [-0.2, -0.15) is 4.98 Å². The minimum Gasteiger partial charge on any atom is -0.371 e. The summed E-state index contributed by atoms with van der Waals surface area (Å²) in [5, 5.41) is 4.18. The van der Waals surface area contributed by atoms with E-state index in [0.29, 0.717) is 18.5 Å². The number of ether oxygens (including phenoxy) is 1. The van der Waals surface area contributed by atoms with Gasteiger partial charge in [-0.1, -0.05) is 50.1 Å². The maximum atomic E-state index is 5.63. The lowest BCUT2D eigenvalue weighted by atomic mass is 9.70. The standard InChI is InChI=1S/C22H37N3O2/c1-3-26-16(2)22-23-21(27-24-22)15-25(18-13-14-18)20-12-8-7-11-19(20)17-9-5-4-6-10-17/h16-20H,3-15H2,1-2H3/t16-,19-,20+/m1/s1. The molecule has 3 aliphatic carbocycles. The maximum absolute atomic E-state index is 5.63. The molecule has 0 amide bonds. The molecule has 152 valence electrons. The first-order valence-corrected chi connectivity index (χ1v) is 11.5. The lowest BCUT2D eigenvalue weighted by Crippen LogP contribution is -2.46. The predicted octanol–water partition coefficient (Wildman–Crippen LogP) is 5.27. The highest BCUT2D eigenvalue weighted by Gasteiger charge is 2.41. The molecular weight excluding hydrogens is 338 g/mol. The minimum absolute atomic E-state index is 0.0912. The van der Waals surface area contributed by atoms with Crippen molar-refractivity contribution in [1.82, 2.24) is 15.0 Å². The van der Waals surface area contributed by atoms with Gasteiger partial charge in [0.15, 0.2) is 5.82 Å². The molecule has 0 unspecified atom stereocenters. The van der Waals surface area contributed by atoms with E-state index >= 15 is 0 Å². The summed E-state index contributed by atoms with van der Waals surface area (Å²) in [5.74, 6) is 3.29. The highest BCUT2D eigenvalue weighted by Crippen LogP contribution is 2.43. The van der Waals surface area contributed by atoms with Crippen LogP contribution in [0, 0.1) is 11.8 Å². The van der Waals surface area contributed by atoms with Crippen LogP contribution in [0.5, 0.6) is 0 Å². The van der Waals surface area contributed by atoms with Crippen LogP contribution < -0.4 is 0 Å². The van der Waals surface area contributed by atoms with E-state index in [2.05, 4.69) is 15.0 Å². The Bertz CT molecular complexity index is 580. The molecular formula is C22H37N3O2. The number of hydrogen-bond donors (Lipinski definition) is 0. The fourth-order valence-electron chi connectivity index (χ4n) is 5.57. The molecule has 5 nitrogen and oxygen atoms in total. The quantitative estimate of drug-likeness (QED) is 0.619. The van der Waals surface area contributed by atoms with Gasteiger partial charge in [-0.3, -0.25) is 4.90 Å². The van der Waals surface area contributed by atoms with Crippen molar-refractivity contribution in [2.45, 2.75) is 109 Å².